The minimum absolute atomic E-state index is 0.342. The predicted molar refractivity (Wildman–Crippen MR) is 58.8 cm³/mol. The number of hydrogen-bond acceptors (Lipinski definition) is 3. The molecule has 3 heteroatoms. The zero-order valence-corrected chi connectivity index (χ0v) is 9.16. The van der Waals surface area contributed by atoms with E-state index in [0.29, 0.717) is 5.57 Å². The summed E-state index contributed by atoms with van der Waals surface area (Å²) in [6.45, 7) is 5.58. The average molecular weight is 206 g/mol. The number of esters is 1. The maximum Gasteiger partial charge on any atom is 0.337 e. The van der Waals surface area contributed by atoms with Crippen LogP contribution in [-0.2, 0) is 9.53 Å². The van der Waals surface area contributed by atoms with Crippen LogP contribution >= 0.6 is 0 Å². The van der Waals surface area contributed by atoms with Gasteiger partial charge in [-0.2, -0.15) is 0 Å². The number of carbonyl (C=O) groups excluding carboxylic acids is 1. The fraction of sp³-hybridized carbons (Fsp3) is 0.250. The van der Waals surface area contributed by atoms with Crippen molar-refractivity contribution in [3.8, 4) is 5.75 Å². The van der Waals surface area contributed by atoms with Crippen molar-refractivity contribution in [3.05, 3.63) is 35.9 Å². The van der Waals surface area contributed by atoms with Crippen molar-refractivity contribution >= 4 is 11.5 Å². The van der Waals surface area contributed by atoms with Crippen LogP contribution in [0.5, 0.6) is 5.75 Å². The van der Waals surface area contributed by atoms with Crippen LogP contribution in [0.3, 0.4) is 0 Å². The third-order valence-electron chi connectivity index (χ3n) is 2.26. The summed E-state index contributed by atoms with van der Waals surface area (Å²) >= 11 is 0. The minimum Gasteiger partial charge on any atom is -0.496 e. The zero-order chi connectivity index (χ0) is 11.4. The van der Waals surface area contributed by atoms with Crippen LogP contribution in [-0.4, -0.2) is 20.2 Å². The van der Waals surface area contributed by atoms with Crippen LogP contribution < -0.4 is 4.74 Å². The smallest absolute Gasteiger partial charge is 0.337 e. The molecule has 0 aromatic heterocycles. The molecule has 0 aliphatic rings. The molecule has 0 bridgehead atoms. The Morgan fingerprint density at radius 1 is 1.33 bits per heavy atom. The van der Waals surface area contributed by atoms with Gasteiger partial charge in [0.1, 0.15) is 5.75 Å². The molecule has 0 N–H and O–H groups in total. The second-order valence-corrected chi connectivity index (χ2v) is 3.10. The molecule has 0 atom stereocenters. The van der Waals surface area contributed by atoms with E-state index in [0.717, 1.165) is 16.9 Å². The molecule has 80 valence electrons. The van der Waals surface area contributed by atoms with E-state index in [1.165, 1.54) is 7.11 Å². The van der Waals surface area contributed by atoms with E-state index in [2.05, 4.69) is 11.3 Å². The molecule has 0 aliphatic heterocycles. The summed E-state index contributed by atoms with van der Waals surface area (Å²) in [4.78, 5) is 11.3. The van der Waals surface area contributed by atoms with Gasteiger partial charge in [0.05, 0.1) is 19.8 Å². The van der Waals surface area contributed by atoms with Crippen molar-refractivity contribution in [2.45, 2.75) is 6.92 Å². The Morgan fingerprint density at radius 3 is 2.53 bits per heavy atom. The summed E-state index contributed by atoms with van der Waals surface area (Å²) in [5.74, 6) is 0.309. The van der Waals surface area contributed by atoms with Crippen LogP contribution in [0, 0.1) is 6.92 Å². The molecule has 1 rings (SSSR count). The normalized spacial score (nSPS) is 9.53. The first-order valence-corrected chi connectivity index (χ1v) is 4.53. The van der Waals surface area contributed by atoms with Gasteiger partial charge in [-0.25, -0.2) is 4.79 Å². The summed E-state index contributed by atoms with van der Waals surface area (Å²) in [5, 5.41) is 0. The first-order chi connectivity index (χ1) is 7.11. The van der Waals surface area contributed by atoms with E-state index in [4.69, 9.17) is 4.74 Å². The lowest BCUT2D eigenvalue weighted by atomic mass is 10.0. The SMILES string of the molecule is C=C(C(=O)OC)c1cccc(OC)c1C. The maximum absolute atomic E-state index is 11.3. The first kappa shape index (κ1) is 11.3. The van der Waals surface area contributed by atoms with Crippen LogP contribution in [0.25, 0.3) is 5.57 Å². The van der Waals surface area contributed by atoms with Crippen molar-refractivity contribution in [2.24, 2.45) is 0 Å². The van der Waals surface area contributed by atoms with Gasteiger partial charge in [0.25, 0.3) is 0 Å². The van der Waals surface area contributed by atoms with Gasteiger partial charge in [0.2, 0.25) is 0 Å². The summed E-state index contributed by atoms with van der Waals surface area (Å²) in [6.07, 6.45) is 0. The number of carbonyl (C=O) groups is 1. The highest BCUT2D eigenvalue weighted by Crippen LogP contribution is 2.26. The summed E-state index contributed by atoms with van der Waals surface area (Å²) in [5.41, 5.74) is 1.98. The Bertz CT molecular complexity index is 394. The highest BCUT2D eigenvalue weighted by molar-refractivity contribution is 6.16. The van der Waals surface area contributed by atoms with Gasteiger partial charge in [0, 0.05) is 0 Å². The third kappa shape index (κ3) is 2.18. The van der Waals surface area contributed by atoms with Gasteiger partial charge in [-0.3, -0.25) is 0 Å². The highest BCUT2D eigenvalue weighted by atomic mass is 16.5. The van der Waals surface area contributed by atoms with Gasteiger partial charge < -0.3 is 9.47 Å². The second-order valence-electron chi connectivity index (χ2n) is 3.10. The molecule has 0 aliphatic carbocycles. The number of hydrogen-bond donors (Lipinski definition) is 0. The van der Waals surface area contributed by atoms with Gasteiger partial charge in [0.15, 0.2) is 0 Å². The molecule has 1 aromatic carbocycles. The maximum atomic E-state index is 11.3. The molecule has 0 saturated carbocycles. The molecule has 0 radical (unpaired) electrons. The number of ether oxygens (including phenoxy) is 2. The molecule has 0 spiro atoms. The Kier molecular flexibility index (Phi) is 3.50. The van der Waals surface area contributed by atoms with E-state index >= 15 is 0 Å². The van der Waals surface area contributed by atoms with Crippen molar-refractivity contribution in [3.63, 3.8) is 0 Å². The average Bonchev–Trinajstić information content (AvgIpc) is 2.27. The van der Waals surface area contributed by atoms with Crippen molar-refractivity contribution in [1.29, 1.82) is 0 Å². The first-order valence-electron chi connectivity index (χ1n) is 4.53. The summed E-state index contributed by atoms with van der Waals surface area (Å²) in [6, 6.07) is 5.47. The summed E-state index contributed by atoms with van der Waals surface area (Å²) < 4.78 is 9.77. The van der Waals surface area contributed by atoms with Gasteiger partial charge >= 0.3 is 5.97 Å². The standard InChI is InChI=1S/C12H14O3/c1-8-10(9(2)12(13)15-4)6-5-7-11(8)14-3/h5-7H,2H2,1,3-4H3. The Morgan fingerprint density at radius 2 is 2.00 bits per heavy atom. The lowest BCUT2D eigenvalue weighted by Crippen LogP contribution is -2.04. The van der Waals surface area contributed by atoms with Crippen LogP contribution in [0.15, 0.2) is 24.8 Å². The molecule has 1 aromatic rings. The summed E-state index contributed by atoms with van der Waals surface area (Å²) in [7, 11) is 2.93. The Balaban J connectivity index is 3.15. The Labute approximate surface area is 89.3 Å². The number of methoxy groups -OCH3 is 2. The van der Waals surface area contributed by atoms with E-state index in [9.17, 15) is 4.79 Å². The Hall–Kier alpha value is -1.77. The number of rotatable bonds is 3. The lowest BCUT2D eigenvalue weighted by Gasteiger charge is -2.10. The van der Waals surface area contributed by atoms with Crippen molar-refractivity contribution in [2.75, 3.05) is 14.2 Å². The quantitative estimate of drug-likeness (QED) is 0.561. The molecule has 3 nitrogen and oxygen atoms in total. The molecule has 0 fully saturated rings. The van der Waals surface area contributed by atoms with Gasteiger partial charge in [-0.05, 0) is 24.1 Å². The largest absolute Gasteiger partial charge is 0.496 e. The van der Waals surface area contributed by atoms with E-state index in [1.807, 2.05) is 25.1 Å². The van der Waals surface area contributed by atoms with E-state index in [-0.39, 0.29) is 0 Å². The fourth-order valence-electron chi connectivity index (χ4n) is 1.40. The van der Waals surface area contributed by atoms with Crippen molar-refractivity contribution < 1.29 is 14.3 Å². The van der Waals surface area contributed by atoms with Crippen LogP contribution in [0.4, 0.5) is 0 Å². The van der Waals surface area contributed by atoms with Gasteiger partial charge in [-0.1, -0.05) is 18.7 Å². The topological polar surface area (TPSA) is 35.5 Å². The fourth-order valence-corrected chi connectivity index (χ4v) is 1.40. The monoisotopic (exact) mass is 206 g/mol. The second kappa shape index (κ2) is 4.64. The molecular formula is C12H14O3. The van der Waals surface area contributed by atoms with Crippen LogP contribution in [0.1, 0.15) is 11.1 Å². The van der Waals surface area contributed by atoms with Crippen LogP contribution in [0.2, 0.25) is 0 Å². The van der Waals surface area contributed by atoms with Gasteiger partial charge in [-0.15, -0.1) is 0 Å². The molecule has 0 heterocycles. The molecule has 0 amide bonds. The minimum atomic E-state index is -0.425. The predicted octanol–water partition coefficient (Wildman–Crippen LogP) is 2.19. The van der Waals surface area contributed by atoms with E-state index < -0.39 is 5.97 Å². The molecule has 0 unspecified atom stereocenters. The zero-order valence-electron chi connectivity index (χ0n) is 9.16. The van der Waals surface area contributed by atoms with Crippen molar-refractivity contribution in [1.82, 2.24) is 0 Å². The molecular weight excluding hydrogens is 192 g/mol. The molecule has 0 saturated heterocycles. The lowest BCUT2D eigenvalue weighted by molar-refractivity contribution is -0.133. The number of benzene rings is 1. The molecule has 15 heavy (non-hydrogen) atoms. The third-order valence-corrected chi connectivity index (χ3v) is 2.26. The highest BCUT2D eigenvalue weighted by Gasteiger charge is 2.13. The van der Waals surface area contributed by atoms with E-state index in [1.54, 1.807) is 7.11 Å².